The molecule has 1 saturated carbocycles. The highest BCUT2D eigenvalue weighted by atomic mass is 16.2. The minimum absolute atomic E-state index is 0.200. The predicted octanol–water partition coefficient (Wildman–Crippen LogP) is 0.0303. The predicted molar refractivity (Wildman–Crippen MR) is 59.4 cm³/mol. The molecule has 1 aliphatic heterocycles. The van der Waals surface area contributed by atoms with Crippen LogP contribution in [-0.4, -0.2) is 54.5 Å². The Kier molecular flexibility index (Phi) is 3.26. The molecule has 0 aromatic rings. The molecule has 0 unspecified atom stereocenters. The zero-order valence-electron chi connectivity index (χ0n) is 9.48. The van der Waals surface area contributed by atoms with Crippen molar-refractivity contribution in [2.75, 3.05) is 26.7 Å². The molecule has 1 amide bonds. The van der Waals surface area contributed by atoms with E-state index in [9.17, 15) is 4.79 Å². The van der Waals surface area contributed by atoms with E-state index < -0.39 is 0 Å². The van der Waals surface area contributed by atoms with Gasteiger partial charge in [0.1, 0.15) is 0 Å². The lowest BCUT2D eigenvalue weighted by Gasteiger charge is -2.42. The Morgan fingerprint density at radius 1 is 1.27 bits per heavy atom. The number of carbonyl (C=O) groups excluding carboxylic acids is 1. The number of hydrogen-bond donors (Lipinski definition) is 1. The molecule has 2 fully saturated rings. The van der Waals surface area contributed by atoms with Crippen molar-refractivity contribution in [3.05, 3.63) is 0 Å². The van der Waals surface area contributed by atoms with Gasteiger partial charge in [0.25, 0.3) is 0 Å². The summed E-state index contributed by atoms with van der Waals surface area (Å²) in [4.78, 5) is 16.0. The lowest BCUT2D eigenvalue weighted by atomic mass is 9.89. The Bertz CT molecular complexity index is 244. The third-order valence-corrected chi connectivity index (χ3v) is 3.63. The van der Waals surface area contributed by atoms with Gasteiger partial charge < -0.3 is 10.6 Å². The Hall–Kier alpha value is -0.610. The summed E-state index contributed by atoms with van der Waals surface area (Å²) in [6.45, 7) is 2.39. The minimum atomic E-state index is 0.200. The highest BCUT2D eigenvalue weighted by Crippen LogP contribution is 2.23. The summed E-state index contributed by atoms with van der Waals surface area (Å²) in [5.74, 6) is 0.256. The van der Waals surface area contributed by atoms with Gasteiger partial charge in [-0.3, -0.25) is 9.69 Å². The fraction of sp³-hybridized carbons (Fsp3) is 0.909. The zero-order chi connectivity index (χ0) is 10.8. The topological polar surface area (TPSA) is 49.6 Å². The summed E-state index contributed by atoms with van der Waals surface area (Å²) in [5, 5.41) is 0. The van der Waals surface area contributed by atoms with E-state index >= 15 is 0 Å². The zero-order valence-corrected chi connectivity index (χ0v) is 9.48. The molecule has 1 saturated heterocycles. The van der Waals surface area contributed by atoms with Crippen LogP contribution in [0.25, 0.3) is 0 Å². The molecule has 4 heteroatoms. The van der Waals surface area contributed by atoms with Gasteiger partial charge in [0.15, 0.2) is 0 Å². The molecular formula is C11H21N3O. The van der Waals surface area contributed by atoms with E-state index in [0.717, 1.165) is 25.9 Å². The third kappa shape index (κ3) is 2.32. The van der Waals surface area contributed by atoms with Gasteiger partial charge in [-0.15, -0.1) is 0 Å². The second-order valence-corrected chi connectivity index (χ2v) is 4.84. The Labute approximate surface area is 91.4 Å². The van der Waals surface area contributed by atoms with E-state index in [0.29, 0.717) is 12.6 Å². The van der Waals surface area contributed by atoms with Crippen LogP contribution in [0.2, 0.25) is 0 Å². The molecule has 1 aliphatic carbocycles. The number of piperazine rings is 1. The van der Waals surface area contributed by atoms with E-state index in [1.54, 1.807) is 0 Å². The van der Waals surface area contributed by atoms with Crippen molar-refractivity contribution in [3.8, 4) is 0 Å². The van der Waals surface area contributed by atoms with Gasteiger partial charge in [-0.25, -0.2) is 0 Å². The fourth-order valence-corrected chi connectivity index (χ4v) is 2.68. The molecular weight excluding hydrogens is 190 g/mol. The standard InChI is InChI=1S/C11H21N3O/c1-13-6-7-14(11(15)8-13)10-5-3-2-4-9(10)12/h9-10H,2-8,12H2,1H3/t9-,10+/m1/s1. The number of amides is 1. The molecule has 2 atom stereocenters. The van der Waals surface area contributed by atoms with Crippen molar-refractivity contribution in [1.82, 2.24) is 9.80 Å². The molecule has 0 aromatic carbocycles. The monoisotopic (exact) mass is 211 g/mol. The molecule has 2 aliphatic rings. The van der Waals surface area contributed by atoms with Gasteiger partial charge in [0.2, 0.25) is 5.91 Å². The Morgan fingerprint density at radius 2 is 2.00 bits per heavy atom. The average Bonchev–Trinajstić information content (AvgIpc) is 2.20. The van der Waals surface area contributed by atoms with Gasteiger partial charge in [-0.2, -0.15) is 0 Å². The van der Waals surface area contributed by atoms with Crippen LogP contribution in [0.5, 0.6) is 0 Å². The molecule has 1 heterocycles. The van der Waals surface area contributed by atoms with Crippen molar-refractivity contribution >= 4 is 5.91 Å². The van der Waals surface area contributed by atoms with E-state index in [-0.39, 0.29) is 11.9 Å². The molecule has 15 heavy (non-hydrogen) atoms. The first-order chi connectivity index (χ1) is 7.18. The number of carbonyl (C=O) groups is 1. The first kappa shape index (κ1) is 10.9. The van der Waals surface area contributed by atoms with Crippen LogP contribution < -0.4 is 5.73 Å². The van der Waals surface area contributed by atoms with Gasteiger partial charge in [0, 0.05) is 25.2 Å². The van der Waals surface area contributed by atoms with Gasteiger partial charge in [-0.05, 0) is 19.9 Å². The minimum Gasteiger partial charge on any atom is -0.336 e. The normalized spacial score (nSPS) is 34.5. The summed E-state index contributed by atoms with van der Waals surface area (Å²) in [7, 11) is 2.00. The smallest absolute Gasteiger partial charge is 0.237 e. The quantitative estimate of drug-likeness (QED) is 0.666. The van der Waals surface area contributed by atoms with E-state index in [1.165, 1.54) is 12.8 Å². The molecule has 0 radical (unpaired) electrons. The Balaban J connectivity index is 1.99. The van der Waals surface area contributed by atoms with Crippen LogP contribution in [0.4, 0.5) is 0 Å². The number of rotatable bonds is 1. The van der Waals surface area contributed by atoms with Crippen LogP contribution >= 0.6 is 0 Å². The van der Waals surface area contributed by atoms with Crippen LogP contribution in [0.3, 0.4) is 0 Å². The average molecular weight is 211 g/mol. The molecule has 0 aromatic heterocycles. The van der Waals surface area contributed by atoms with Gasteiger partial charge in [0.05, 0.1) is 6.54 Å². The van der Waals surface area contributed by atoms with Gasteiger partial charge in [-0.1, -0.05) is 12.8 Å². The summed E-state index contributed by atoms with van der Waals surface area (Å²) in [5.41, 5.74) is 6.10. The molecule has 0 bridgehead atoms. The summed E-state index contributed by atoms with van der Waals surface area (Å²) in [6.07, 6.45) is 4.61. The molecule has 0 spiro atoms. The maximum absolute atomic E-state index is 11.9. The van der Waals surface area contributed by atoms with Crippen LogP contribution in [-0.2, 0) is 4.79 Å². The van der Waals surface area contributed by atoms with Gasteiger partial charge >= 0.3 is 0 Å². The lowest BCUT2D eigenvalue weighted by molar-refractivity contribution is -0.139. The maximum atomic E-state index is 11.9. The molecule has 2 rings (SSSR count). The molecule has 86 valence electrons. The fourth-order valence-electron chi connectivity index (χ4n) is 2.68. The summed E-state index contributed by atoms with van der Waals surface area (Å²) >= 11 is 0. The third-order valence-electron chi connectivity index (χ3n) is 3.63. The molecule has 4 nitrogen and oxygen atoms in total. The van der Waals surface area contributed by atoms with E-state index in [1.807, 2.05) is 11.9 Å². The van der Waals surface area contributed by atoms with Crippen molar-refractivity contribution in [2.24, 2.45) is 5.73 Å². The van der Waals surface area contributed by atoms with Crippen molar-refractivity contribution < 1.29 is 4.79 Å². The summed E-state index contributed by atoms with van der Waals surface area (Å²) in [6, 6.07) is 0.506. The second-order valence-electron chi connectivity index (χ2n) is 4.84. The highest BCUT2D eigenvalue weighted by molar-refractivity contribution is 5.79. The van der Waals surface area contributed by atoms with E-state index in [4.69, 9.17) is 5.73 Å². The maximum Gasteiger partial charge on any atom is 0.237 e. The number of nitrogens with two attached hydrogens (primary N) is 1. The number of hydrogen-bond acceptors (Lipinski definition) is 3. The molecule has 2 N–H and O–H groups in total. The van der Waals surface area contributed by atoms with Crippen molar-refractivity contribution in [2.45, 2.75) is 37.8 Å². The highest BCUT2D eigenvalue weighted by Gasteiger charge is 2.33. The largest absolute Gasteiger partial charge is 0.336 e. The SMILES string of the molecule is CN1CCN([C@H]2CCCC[C@H]2N)C(=O)C1. The first-order valence-corrected chi connectivity index (χ1v) is 5.92. The second kappa shape index (κ2) is 4.49. The number of nitrogens with zero attached hydrogens (tertiary/aromatic N) is 2. The number of likely N-dealkylation sites (N-methyl/N-ethyl adjacent to an activating group) is 1. The van der Waals surface area contributed by atoms with Crippen molar-refractivity contribution in [1.29, 1.82) is 0 Å². The van der Waals surface area contributed by atoms with Crippen LogP contribution in [0, 0.1) is 0 Å². The van der Waals surface area contributed by atoms with Crippen molar-refractivity contribution in [3.63, 3.8) is 0 Å². The lowest BCUT2D eigenvalue weighted by Crippen LogP contribution is -2.58. The Morgan fingerprint density at radius 3 is 2.67 bits per heavy atom. The van der Waals surface area contributed by atoms with E-state index in [2.05, 4.69) is 4.90 Å². The summed E-state index contributed by atoms with van der Waals surface area (Å²) < 4.78 is 0. The van der Waals surface area contributed by atoms with Crippen LogP contribution in [0.1, 0.15) is 25.7 Å². The first-order valence-electron chi connectivity index (χ1n) is 5.92. The van der Waals surface area contributed by atoms with Crippen LogP contribution in [0.15, 0.2) is 0 Å².